The van der Waals surface area contributed by atoms with Crippen LogP contribution in [-0.2, 0) is 11.3 Å². The fourth-order valence-corrected chi connectivity index (χ4v) is 3.27. The highest BCUT2D eigenvalue weighted by atomic mass is 16.5. The van der Waals surface area contributed by atoms with Crippen LogP contribution in [0.2, 0.25) is 0 Å². The molecule has 1 fully saturated rings. The lowest BCUT2D eigenvalue weighted by Crippen LogP contribution is -2.52. The molecule has 1 amide bonds. The van der Waals surface area contributed by atoms with Crippen molar-refractivity contribution in [3.8, 4) is 0 Å². The maximum atomic E-state index is 11.3. The van der Waals surface area contributed by atoms with E-state index in [2.05, 4.69) is 56.4 Å². The number of anilines is 2. The highest BCUT2D eigenvalue weighted by molar-refractivity contribution is 5.84. The third kappa shape index (κ3) is 5.88. The molecule has 0 aromatic heterocycles. The molecule has 0 spiro atoms. The second kappa shape index (κ2) is 10.4. The molecule has 3 rings (SSSR count). The van der Waals surface area contributed by atoms with Crippen molar-refractivity contribution in [2.75, 3.05) is 50.1 Å². The number of ether oxygens (including phenoxy) is 1. The summed E-state index contributed by atoms with van der Waals surface area (Å²) in [4.78, 5) is 20.8. The zero-order valence-electron chi connectivity index (χ0n) is 17.1. The third-order valence-electron chi connectivity index (χ3n) is 4.83. The first kappa shape index (κ1) is 20.5. The van der Waals surface area contributed by atoms with Gasteiger partial charge in [0.05, 0.1) is 13.7 Å². The van der Waals surface area contributed by atoms with E-state index in [1.807, 2.05) is 30.3 Å². The number of hydrogen-bond donors (Lipinski definition) is 2. The van der Waals surface area contributed by atoms with Crippen molar-refractivity contribution in [2.45, 2.75) is 13.5 Å². The van der Waals surface area contributed by atoms with Gasteiger partial charge in [-0.15, -0.1) is 0 Å². The van der Waals surface area contributed by atoms with E-state index < -0.39 is 6.09 Å². The molecule has 0 aliphatic carbocycles. The Morgan fingerprint density at radius 2 is 1.72 bits per heavy atom. The molecular weight excluding hydrogens is 366 g/mol. The summed E-state index contributed by atoms with van der Waals surface area (Å²) in [6.07, 6.45) is -0.472. The molecule has 154 valence electrons. The number of para-hydroxylation sites is 1. The van der Waals surface area contributed by atoms with Crippen molar-refractivity contribution in [3.63, 3.8) is 0 Å². The summed E-state index contributed by atoms with van der Waals surface area (Å²) in [5.74, 6) is 0.942. The molecule has 29 heavy (non-hydrogen) atoms. The number of carbonyl (C=O) groups excluding carboxylic acids is 1. The summed E-state index contributed by atoms with van der Waals surface area (Å²) >= 11 is 0. The number of methoxy groups -OCH3 is 1. The van der Waals surface area contributed by atoms with Crippen molar-refractivity contribution in [1.29, 1.82) is 0 Å². The molecule has 1 heterocycles. The molecule has 0 bridgehead atoms. The van der Waals surface area contributed by atoms with Crippen LogP contribution in [0, 0.1) is 0 Å². The van der Waals surface area contributed by atoms with Gasteiger partial charge in [0.25, 0.3) is 0 Å². The van der Waals surface area contributed by atoms with Crippen molar-refractivity contribution < 1.29 is 9.53 Å². The quantitative estimate of drug-likeness (QED) is 0.601. The summed E-state index contributed by atoms with van der Waals surface area (Å²) in [5.41, 5.74) is 3.06. The number of guanidine groups is 1. The normalized spacial score (nSPS) is 14.5. The molecule has 2 aromatic rings. The van der Waals surface area contributed by atoms with Gasteiger partial charge in [-0.05, 0) is 36.8 Å². The van der Waals surface area contributed by atoms with Gasteiger partial charge in [-0.3, -0.25) is 5.32 Å². The minimum atomic E-state index is -0.472. The van der Waals surface area contributed by atoms with Crippen LogP contribution in [0.5, 0.6) is 0 Å². The first-order chi connectivity index (χ1) is 14.2. The molecule has 2 aromatic carbocycles. The van der Waals surface area contributed by atoms with Gasteiger partial charge >= 0.3 is 6.09 Å². The largest absolute Gasteiger partial charge is 0.453 e. The van der Waals surface area contributed by atoms with Gasteiger partial charge in [0, 0.05) is 44.1 Å². The van der Waals surface area contributed by atoms with Crippen LogP contribution >= 0.6 is 0 Å². The summed E-state index contributed by atoms with van der Waals surface area (Å²) in [6, 6.07) is 18.2. The molecule has 7 heteroatoms. The smallest absolute Gasteiger partial charge is 0.411 e. The van der Waals surface area contributed by atoms with Crippen LogP contribution in [0.15, 0.2) is 59.6 Å². The van der Waals surface area contributed by atoms with Gasteiger partial charge in [0.15, 0.2) is 5.96 Å². The number of benzene rings is 2. The number of piperazine rings is 1. The summed E-state index contributed by atoms with van der Waals surface area (Å²) in [6.45, 7) is 7.32. The summed E-state index contributed by atoms with van der Waals surface area (Å²) in [5, 5.41) is 6.06. The van der Waals surface area contributed by atoms with Crippen LogP contribution in [0.3, 0.4) is 0 Å². The zero-order chi connectivity index (χ0) is 20.5. The maximum Gasteiger partial charge on any atom is 0.411 e. The Morgan fingerprint density at radius 1 is 1.03 bits per heavy atom. The monoisotopic (exact) mass is 395 g/mol. The van der Waals surface area contributed by atoms with Crippen LogP contribution in [0.25, 0.3) is 0 Å². The average Bonchev–Trinajstić information content (AvgIpc) is 2.78. The van der Waals surface area contributed by atoms with Gasteiger partial charge in [0.2, 0.25) is 0 Å². The minimum absolute atomic E-state index is 0.472. The van der Waals surface area contributed by atoms with Gasteiger partial charge in [0.1, 0.15) is 0 Å². The van der Waals surface area contributed by atoms with E-state index >= 15 is 0 Å². The van der Waals surface area contributed by atoms with Gasteiger partial charge in [-0.1, -0.05) is 30.3 Å². The lowest BCUT2D eigenvalue weighted by Gasteiger charge is -2.37. The highest BCUT2D eigenvalue weighted by Gasteiger charge is 2.19. The van der Waals surface area contributed by atoms with E-state index in [1.54, 1.807) is 0 Å². The van der Waals surface area contributed by atoms with E-state index in [0.29, 0.717) is 12.2 Å². The van der Waals surface area contributed by atoms with E-state index in [1.165, 1.54) is 12.8 Å². The lowest BCUT2D eigenvalue weighted by atomic mass is 10.2. The van der Waals surface area contributed by atoms with Crippen LogP contribution in [-0.4, -0.2) is 56.8 Å². The molecular formula is C22H29N5O2. The zero-order valence-corrected chi connectivity index (χ0v) is 17.1. The topological polar surface area (TPSA) is 69.2 Å². The number of nitrogens with one attached hydrogen (secondary N) is 2. The van der Waals surface area contributed by atoms with Crippen molar-refractivity contribution in [3.05, 3.63) is 60.2 Å². The predicted molar refractivity (Wildman–Crippen MR) is 118 cm³/mol. The van der Waals surface area contributed by atoms with Crippen molar-refractivity contribution >= 4 is 23.4 Å². The molecule has 0 atom stereocenters. The van der Waals surface area contributed by atoms with E-state index in [4.69, 9.17) is 4.99 Å². The minimum Gasteiger partial charge on any atom is -0.453 e. The molecule has 0 saturated carbocycles. The average molecular weight is 396 g/mol. The number of nitrogens with zero attached hydrogens (tertiary/aromatic N) is 3. The predicted octanol–water partition coefficient (Wildman–Crippen LogP) is 3.15. The SMILES string of the molecule is CCNC(=NCc1ccc(NC(=O)OC)cc1)N1CCN(c2ccccc2)CC1. The fourth-order valence-electron chi connectivity index (χ4n) is 3.27. The molecule has 0 radical (unpaired) electrons. The van der Waals surface area contributed by atoms with Gasteiger partial charge < -0.3 is 19.9 Å². The number of carbonyl (C=O) groups is 1. The van der Waals surface area contributed by atoms with Crippen LogP contribution < -0.4 is 15.5 Å². The third-order valence-corrected chi connectivity index (χ3v) is 4.83. The van der Waals surface area contributed by atoms with E-state index in [-0.39, 0.29) is 0 Å². The standard InChI is InChI=1S/C22H29N5O2/c1-3-23-21(24-17-18-9-11-19(12-10-18)25-22(28)29-2)27-15-13-26(14-16-27)20-7-5-4-6-8-20/h4-12H,3,13-17H2,1-2H3,(H,23,24)(H,25,28). The first-order valence-electron chi connectivity index (χ1n) is 9.96. The first-order valence-corrected chi connectivity index (χ1v) is 9.96. The Labute approximate surface area is 172 Å². The highest BCUT2D eigenvalue weighted by Crippen LogP contribution is 2.16. The second-order valence-corrected chi connectivity index (χ2v) is 6.79. The molecule has 1 aliphatic rings. The number of hydrogen-bond acceptors (Lipinski definition) is 4. The number of aliphatic imine (C=N–C) groups is 1. The summed E-state index contributed by atoms with van der Waals surface area (Å²) < 4.78 is 4.60. The van der Waals surface area contributed by atoms with E-state index in [0.717, 1.165) is 44.2 Å². The van der Waals surface area contributed by atoms with Crippen LogP contribution in [0.1, 0.15) is 12.5 Å². The molecule has 2 N–H and O–H groups in total. The summed E-state index contributed by atoms with van der Waals surface area (Å²) in [7, 11) is 1.35. The lowest BCUT2D eigenvalue weighted by molar-refractivity contribution is 0.187. The Balaban J connectivity index is 1.58. The Morgan fingerprint density at radius 3 is 2.34 bits per heavy atom. The molecule has 0 unspecified atom stereocenters. The Kier molecular flexibility index (Phi) is 7.33. The Hall–Kier alpha value is -3.22. The van der Waals surface area contributed by atoms with Crippen molar-refractivity contribution in [1.82, 2.24) is 10.2 Å². The second-order valence-electron chi connectivity index (χ2n) is 6.79. The Bertz CT molecular complexity index is 800. The van der Waals surface area contributed by atoms with Gasteiger partial charge in [-0.25, -0.2) is 9.79 Å². The molecule has 1 saturated heterocycles. The van der Waals surface area contributed by atoms with E-state index in [9.17, 15) is 4.79 Å². The van der Waals surface area contributed by atoms with Crippen molar-refractivity contribution in [2.24, 2.45) is 4.99 Å². The molecule has 7 nitrogen and oxygen atoms in total. The fraction of sp³-hybridized carbons (Fsp3) is 0.364. The van der Waals surface area contributed by atoms with Crippen LogP contribution in [0.4, 0.5) is 16.2 Å². The molecule has 1 aliphatic heterocycles. The number of rotatable bonds is 5. The maximum absolute atomic E-state index is 11.3. The van der Waals surface area contributed by atoms with Gasteiger partial charge in [-0.2, -0.15) is 0 Å². The number of amides is 1.